The molecule has 6 heteroatoms. The van der Waals surface area contributed by atoms with Gasteiger partial charge < -0.3 is 14.8 Å². The number of carbonyl (C=O) groups is 1. The number of nitrogens with one attached hydrogen (secondary N) is 1. The zero-order valence-corrected chi connectivity index (χ0v) is 16.4. The summed E-state index contributed by atoms with van der Waals surface area (Å²) in [4.78, 5) is 17.0. The van der Waals surface area contributed by atoms with Crippen molar-refractivity contribution in [3.63, 3.8) is 0 Å². The fourth-order valence-corrected chi connectivity index (χ4v) is 3.48. The van der Waals surface area contributed by atoms with Crippen LogP contribution in [0.5, 0.6) is 11.5 Å². The number of aromatic nitrogens is 1. The number of benzene rings is 2. The largest absolute Gasteiger partial charge is 0.497 e. The average molecular weight is 382 g/mol. The van der Waals surface area contributed by atoms with Crippen LogP contribution in [0.25, 0.3) is 10.6 Å². The molecule has 3 aromatic rings. The van der Waals surface area contributed by atoms with E-state index in [-0.39, 0.29) is 12.3 Å². The minimum absolute atomic E-state index is 0.136. The minimum Gasteiger partial charge on any atom is -0.497 e. The van der Waals surface area contributed by atoms with Crippen molar-refractivity contribution in [1.82, 2.24) is 4.98 Å². The number of methoxy groups -OCH3 is 2. The summed E-state index contributed by atoms with van der Waals surface area (Å²) in [6.07, 6.45) is 1.22. The number of anilines is 1. The minimum atomic E-state index is -0.136. The molecule has 0 atom stereocenters. The van der Waals surface area contributed by atoms with Crippen LogP contribution in [0.2, 0.25) is 0 Å². The quantitative estimate of drug-likeness (QED) is 0.650. The van der Waals surface area contributed by atoms with Crippen LogP contribution >= 0.6 is 11.3 Å². The van der Waals surface area contributed by atoms with Crippen LogP contribution in [0.1, 0.15) is 18.2 Å². The molecule has 0 radical (unpaired) electrons. The van der Waals surface area contributed by atoms with Gasteiger partial charge in [0.05, 0.1) is 26.3 Å². The first-order chi connectivity index (χ1) is 13.1. The Labute approximate surface area is 163 Å². The Balaban J connectivity index is 1.67. The van der Waals surface area contributed by atoms with Gasteiger partial charge in [0, 0.05) is 34.8 Å². The molecule has 0 aliphatic carbocycles. The van der Waals surface area contributed by atoms with Crippen LogP contribution < -0.4 is 14.8 Å². The normalized spacial score (nSPS) is 10.5. The van der Waals surface area contributed by atoms with Crippen molar-refractivity contribution < 1.29 is 14.3 Å². The molecule has 0 fully saturated rings. The van der Waals surface area contributed by atoms with Crippen LogP contribution in [0.4, 0.5) is 5.69 Å². The second-order valence-corrected chi connectivity index (χ2v) is 6.88. The van der Waals surface area contributed by atoms with Crippen molar-refractivity contribution in [1.29, 1.82) is 0 Å². The number of nitrogens with zero attached hydrogens (tertiary/aromatic N) is 1. The number of hydrogen-bond acceptors (Lipinski definition) is 5. The first-order valence-corrected chi connectivity index (χ1v) is 9.56. The molecular formula is C21H22N2O3S. The maximum absolute atomic E-state index is 12.4. The molecule has 1 amide bonds. The van der Waals surface area contributed by atoms with Gasteiger partial charge in [-0.25, -0.2) is 4.98 Å². The van der Waals surface area contributed by atoms with E-state index in [0.29, 0.717) is 17.2 Å². The Kier molecular flexibility index (Phi) is 6.08. The number of aryl methyl sites for hydroxylation is 1. The van der Waals surface area contributed by atoms with Crippen LogP contribution in [-0.2, 0) is 17.6 Å². The van der Waals surface area contributed by atoms with E-state index in [1.54, 1.807) is 43.8 Å². The van der Waals surface area contributed by atoms with Gasteiger partial charge in [0.25, 0.3) is 0 Å². The molecule has 1 aromatic heterocycles. The highest BCUT2D eigenvalue weighted by molar-refractivity contribution is 7.13. The third kappa shape index (κ3) is 4.86. The molecule has 2 aromatic carbocycles. The number of ether oxygens (including phenoxy) is 2. The van der Waals surface area contributed by atoms with Gasteiger partial charge in [0.15, 0.2) is 0 Å². The summed E-state index contributed by atoms with van der Waals surface area (Å²) in [7, 11) is 3.15. The molecular weight excluding hydrogens is 360 g/mol. The van der Waals surface area contributed by atoms with Crippen LogP contribution in [0, 0.1) is 0 Å². The van der Waals surface area contributed by atoms with E-state index < -0.39 is 0 Å². The summed E-state index contributed by atoms with van der Waals surface area (Å²) < 4.78 is 10.4. The highest BCUT2D eigenvalue weighted by Crippen LogP contribution is 2.27. The molecule has 1 N–H and O–H groups in total. The molecule has 0 saturated carbocycles. The summed E-state index contributed by atoms with van der Waals surface area (Å²) in [5, 5.41) is 5.71. The first-order valence-electron chi connectivity index (χ1n) is 8.68. The Morgan fingerprint density at radius 2 is 1.74 bits per heavy atom. The maximum Gasteiger partial charge on any atom is 0.230 e. The topological polar surface area (TPSA) is 60.5 Å². The van der Waals surface area contributed by atoms with Crippen molar-refractivity contribution >= 4 is 22.9 Å². The van der Waals surface area contributed by atoms with Crippen LogP contribution in [0.15, 0.2) is 47.8 Å². The van der Waals surface area contributed by atoms with Gasteiger partial charge in [-0.2, -0.15) is 0 Å². The third-order valence-corrected chi connectivity index (χ3v) is 5.08. The zero-order chi connectivity index (χ0) is 19.2. The van der Waals surface area contributed by atoms with E-state index in [4.69, 9.17) is 9.47 Å². The molecule has 3 rings (SSSR count). The van der Waals surface area contributed by atoms with Gasteiger partial charge in [-0.3, -0.25) is 4.79 Å². The van der Waals surface area contributed by atoms with Crippen LogP contribution in [-0.4, -0.2) is 25.1 Å². The van der Waals surface area contributed by atoms with Gasteiger partial charge in [0.1, 0.15) is 16.5 Å². The number of hydrogen-bond donors (Lipinski definition) is 1. The van der Waals surface area contributed by atoms with E-state index in [0.717, 1.165) is 22.7 Å². The lowest BCUT2D eigenvalue weighted by Crippen LogP contribution is -2.14. The van der Waals surface area contributed by atoms with Gasteiger partial charge in [0.2, 0.25) is 5.91 Å². The van der Waals surface area contributed by atoms with E-state index >= 15 is 0 Å². The number of carbonyl (C=O) groups excluding carboxylic acids is 1. The smallest absolute Gasteiger partial charge is 0.230 e. The monoisotopic (exact) mass is 382 g/mol. The molecule has 0 aliphatic rings. The Bertz CT molecular complexity index is 897. The summed E-state index contributed by atoms with van der Waals surface area (Å²) in [6.45, 7) is 2.13. The summed E-state index contributed by atoms with van der Waals surface area (Å²) in [5.41, 5.74) is 3.74. The molecule has 0 spiro atoms. The highest BCUT2D eigenvalue weighted by Gasteiger charge is 2.11. The van der Waals surface area contributed by atoms with Crippen molar-refractivity contribution in [2.45, 2.75) is 19.8 Å². The Hall–Kier alpha value is -2.86. The second-order valence-electron chi connectivity index (χ2n) is 6.02. The Morgan fingerprint density at radius 3 is 2.33 bits per heavy atom. The van der Waals surface area contributed by atoms with E-state index in [1.807, 2.05) is 5.38 Å². The van der Waals surface area contributed by atoms with Crippen molar-refractivity contribution in [2.24, 2.45) is 0 Å². The predicted molar refractivity (Wildman–Crippen MR) is 109 cm³/mol. The van der Waals surface area contributed by atoms with E-state index in [9.17, 15) is 4.79 Å². The molecule has 5 nitrogen and oxygen atoms in total. The van der Waals surface area contributed by atoms with E-state index in [1.165, 1.54) is 5.56 Å². The van der Waals surface area contributed by atoms with Gasteiger partial charge >= 0.3 is 0 Å². The Morgan fingerprint density at radius 1 is 1.07 bits per heavy atom. The molecule has 140 valence electrons. The van der Waals surface area contributed by atoms with E-state index in [2.05, 4.69) is 41.5 Å². The lowest BCUT2D eigenvalue weighted by Gasteiger charge is -2.09. The van der Waals surface area contributed by atoms with Gasteiger partial charge in [-0.15, -0.1) is 11.3 Å². The number of amides is 1. The molecule has 0 unspecified atom stereocenters. The van der Waals surface area contributed by atoms with Crippen molar-refractivity contribution in [3.8, 4) is 22.1 Å². The number of rotatable bonds is 7. The van der Waals surface area contributed by atoms with Gasteiger partial charge in [-0.05, 0) is 12.0 Å². The standard InChI is InChI=1S/C21H22N2O3S/c1-4-14-5-7-15(8-6-14)21-23-17(13-27-21)11-20(24)22-16-9-18(25-2)12-19(10-16)26-3/h5-10,12-13H,4,11H2,1-3H3,(H,22,24). The molecule has 0 saturated heterocycles. The van der Waals surface area contributed by atoms with Crippen molar-refractivity contribution in [2.75, 3.05) is 19.5 Å². The molecule has 0 aliphatic heterocycles. The molecule has 27 heavy (non-hydrogen) atoms. The average Bonchev–Trinajstić information content (AvgIpc) is 3.15. The lowest BCUT2D eigenvalue weighted by atomic mass is 10.1. The third-order valence-electron chi connectivity index (χ3n) is 4.14. The maximum atomic E-state index is 12.4. The highest BCUT2D eigenvalue weighted by atomic mass is 32.1. The zero-order valence-electron chi connectivity index (χ0n) is 15.6. The SMILES string of the molecule is CCc1ccc(-c2nc(CC(=O)Nc3cc(OC)cc(OC)c3)cs2)cc1. The summed E-state index contributed by atoms with van der Waals surface area (Å²) in [6, 6.07) is 13.6. The summed E-state index contributed by atoms with van der Waals surface area (Å²) >= 11 is 1.55. The summed E-state index contributed by atoms with van der Waals surface area (Å²) in [5.74, 6) is 1.11. The number of thiazole rings is 1. The fourth-order valence-electron chi connectivity index (χ4n) is 2.65. The lowest BCUT2D eigenvalue weighted by molar-refractivity contribution is -0.115. The van der Waals surface area contributed by atoms with Crippen molar-refractivity contribution in [3.05, 3.63) is 59.1 Å². The first kappa shape index (κ1) is 18.9. The van der Waals surface area contributed by atoms with Gasteiger partial charge in [-0.1, -0.05) is 31.2 Å². The fraction of sp³-hybridized carbons (Fsp3) is 0.238. The predicted octanol–water partition coefficient (Wildman–Crippen LogP) is 4.57. The van der Waals surface area contributed by atoms with Crippen LogP contribution in [0.3, 0.4) is 0 Å². The molecule has 0 bridgehead atoms. The molecule has 1 heterocycles. The second kappa shape index (κ2) is 8.68.